The van der Waals surface area contributed by atoms with Crippen molar-refractivity contribution in [1.82, 2.24) is 0 Å². The lowest BCUT2D eigenvalue weighted by Crippen LogP contribution is -2.25. The summed E-state index contributed by atoms with van der Waals surface area (Å²) in [6.07, 6.45) is 10.4. The molecular weight excluding hydrogens is 355 g/mol. The quantitative estimate of drug-likeness (QED) is 0.326. The van der Waals surface area contributed by atoms with Gasteiger partial charge in [-0.15, -0.1) is 0 Å². The molecule has 0 aliphatic carbocycles. The fourth-order valence-corrected chi connectivity index (χ4v) is 2.89. The van der Waals surface area contributed by atoms with Crippen LogP contribution < -0.4 is 0 Å². The summed E-state index contributed by atoms with van der Waals surface area (Å²) in [5.74, 6) is -1.15. The van der Waals surface area contributed by atoms with Crippen LogP contribution in [0.4, 0.5) is 0 Å². The maximum Gasteiger partial charge on any atom is 0.340 e. The van der Waals surface area contributed by atoms with Gasteiger partial charge in [-0.1, -0.05) is 85.5 Å². The van der Waals surface area contributed by atoms with Gasteiger partial charge in [-0.2, -0.15) is 0 Å². The van der Waals surface area contributed by atoms with Crippen molar-refractivity contribution in [3.05, 3.63) is 34.9 Å². The lowest BCUT2D eigenvalue weighted by atomic mass is 10.0. The number of aryl methyl sites for hydroxylation is 1. The van der Waals surface area contributed by atoms with E-state index in [1.54, 1.807) is 0 Å². The van der Waals surface area contributed by atoms with Crippen molar-refractivity contribution in [2.45, 2.75) is 68.5 Å². The summed E-state index contributed by atoms with van der Waals surface area (Å²) in [7, 11) is 0. The Labute approximate surface area is 154 Å². The van der Waals surface area contributed by atoms with Gasteiger partial charge in [0.15, 0.2) is 0 Å². The zero-order chi connectivity index (χ0) is 17.1. The lowest BCUT2D eigenvalue weighted by Gasteiger charge is -2.13. The SMILES string of the molecule is O=C(O)C(Cl)(Cl)CCCCCCCCCCc1ccc(Cl)cc1. The second-order valence-electron chi connectivity index (χ2n) is 5.96. The maximum absolute atomic E-state index is 10.7. The van der Waals surface area contributed by atoms with Crippen molar-refractivity contribution in [3.8, 4) is 0 Å². The molecule has 130 valence electrons. The molecule has 23 heavy (non-hydrogen) atoms. The summed E-state index contributed by atoms with van der Waals surface area (Å²) >= 11 is 17.2. The van der Waals surface area contributed by atoms with Crippen LogP contribution >= 0.6 is 34.8 Å². The summed E-state index contributed by atoms with van der Waals surface area (Å²) in [6.45, 7) is 0. The fraction of sp³-hybridized carbons (Fsp3) is 0.611. The Kier molecular flexibility index (Phi) is 10.0. The summed E-state index contributed by atoms with van der Waals surface area (Å²) in [4.78, 5) is 10.7. The summed E-state index contributed by atoms with van der Waals surface area (Å²) in [6, 6.07) is 8.07. The Morgan fingerprint density at radius 3 is 1.87 bits per heavy atom. The molecule has 0 radical (unpaired) electrons. The van der Waals surface area contributed by atoms with Crippen LogP contribution in [0.25, 0.3) is 0 Å². The number of unbranched alkanes of at least 4 members (excludes halogenated alkanes) is 7. The standard InChI is InChI=1S/C18H25Cl3O2/c19-16-12-10-15(11-13-16)9-7-5-3-1-2-4-6-8-14-18(20,21)17(22)23/h10-13H,1-9,14H2,(H,22,23). The molecule has 1 aromatic carbocycles. The molecule has 2 nitrogen and oxygen atoms in total. The molecular formula is C18H25Cl3O2. The second kappa shape index (κ2) is 11.2. The van der Waals surface area contributed by atoms with Crippen LogP contribution in [-0.4, -0.2) is 15.4 Å². The molecule has 1 N–H and O–H groups in total. The summed E-state index contributed by atoms with van der Waals surface area (Å²) in [5, 5.41) is 9.58. The Hall–Kier alpha value is -0.440. The highest BCUT2D eigenvalue weighted by Crippen LogP contribution is 2.28. The third-order valence-electron chi connectivity index (χ3n) is 3.93. The van der Waals surface area contributed by atoms with E-state index in [1.807, 2.05) is 12.1 Å². The maximum atomic E-state index is 10.7. The number of rotatable bonds is 12. The number of carboxylic acid groups (broad SMARTS) is 1. The van der Waals surface area contributed by atoms with E-state index in [1.165, 1.54) is 37.7 Å². The van der Waals surface area contributed by atoms with E-state index in [-0.39, 0.29) is 0 Å². The average Bonchev–Trinajstić information content (AvgIpc) is 2.50. The highest BCUT2D eigenvalue weighted by atomic mass is 35.5. The van der Waals surface area contributed by atoms with Gasteiger partial charge in [0.2, 0.25) is 4.33 Å². The molecule has 0 aromatic heterocycles. The van der Waals surface area contributed by atoms with Crippen LogP contribution in [-0.2, 0) is 11.2 Å². The molecule has 0 atom stereocenters. The highest BCUT2D eigenvalue weighted by molar-refractivity contribution is 6.57. The van der Waals surface area contributed by atoms with Gasteiger partial charge >= 0.3 is 5.97 Å². The van der Waals surface area contributed by atoms with E-state index in [9.17, 15) is 4.79 Å². The van der Waals surface area contributed by atoms with Crippen molar-refractivity contribution in [3.63, 3.8) is 0 Å². The van der Waals surface area contributed by atoms with Gasteiger partial charge < -0.3 is 5.11 Å². The molecule has 0 saturated heterocycles. The zero-order valence-electron chi connectivity index (χ0n) is 13.4. The van der Waals surface area contributed by atoms with E-state index in [2.05, 4.69) is 12.1 Å². The number of alkyl halides is 2. The molecule has 0 heterocycles. The van der Waals surface area contributed by atoms with Crippen molar-refractivity contribution in [2.75, 3.05) is 0 Å². The molecule has 1 aromatic rings. The predicted molar refractivity (Wildman–Crippen MR) is 98.8 cm³/mol. The molecule has 0 amide bonds. The Morgan fingerprint density at radius 1 is 0.870 bits per heavy atom. The van der Waals surface area contributed by atoms with Gasteiger partial charge in [0.05, 0.1) is 0 Å². The van der Waals surface area contributed by atoms with E-state index in [0.29, 0.717) is 6.42 Å². The molecule has 0 bridgehead atoms. The van der Waals surface area contributed by atoms with Crippen LogP contribution in [0, 0.1) is 0 Å². The molecule has 0 fully saturated rings. The molecule has 0 saturated carbocycles. The summed E-state index contributed by atoms with van der Waals surface area (Å²) in [5.41, 5.74) is 1.35. The number of hydrogen-bond donors (Lipinski definition) is 1. The number of aliphatic carboxylic acids is 1. The smallest absolute Gasteiger partial charge is 0.340 e. The second-order valence-corrected chi connectivity index (χ2v) is 7.88. The Balaban J connectivity index is 1.92. The lowest BCUT2D eigenvalue weighted by molar-refractivity contribution is -0.138. The Bertz CT molecular complexity index is 458. The Morgan fingerprint density at radius 2 is 1.35 bits per heavy atom. The third-order valence-corrected chi connectivity index (χ3v) is 4.89. The van der Waals surface area contributed by atoms with Crippen LogP contribution in [0.5, 0.6) is 0 Å². The number of hydrogen-bond acceptors (Lipinski definition) is 1. The van der Waals surface area contributed by atoms with Crippen LogP contribution in [0.15, 0.2) is 24.3 Å². The third kappa shape index (κ3) is 9.44. The molecule has 0 aliphatic heterocycles. The molecule has 1 rings (SSSR count). The first-order valence-electron chi connectivity index (χ1n) is 8.27. The predicted octanol–water partition coefficient (Wildman–Crippen LogP) is 6.65. The minimum atomic E-state index is -1.62. The van der Waals surface area contributed by atoms with Gasteiger partial charge in [-0.25, -0.2) is 4.79 Å². The van der Waals surface area contributed by atoms with Gasteiger partial charge in [-0.3, -0.25) is 0 Å². The average molecular weight is 380 g/mol. The first kappa shape index (κ1) is 20.6. The first-order valence-corrected chi connectivity index (χ1v) is 9.41. The van der Waals surface area contributed by atoms with E-state index >= 15 is 0 Å². The fourth-order valence-electron chi connectivity index (χ4n) is 2.49. The minimum Gasteiger partial charge on any atom is -0.479 e. The van der Waals surface area contributed by atoms with Crippen LogP contribution in [0.2, 0.25) is 5.02 Å². The van der Waals surface area contributed by atoms with Gasteiger partial charge in [0.25, 0.3) is 0 Å². The number of halogens is 3. The van der Waals surface area contributed by atoms with Crippen LogP contribution in [0.1, 0.15) is 63.4 Å². The number of benzene rings is 1. The van der Waals surface area contributed by atoms with Crippen molar-refractivity contribution in [1.29, 1.82) is 0 Å². The zero-order valence-corrected chi connectivity index (χ0v) is 15.6. The monoisotopic (exact) mass is 378 g/mol. The highest BCUT2D eigenvalue weighted by Gasteiger charge is 2.32. The minimum absolute atomic E-state index is 0.312. The van der Waals surface area contributed by atoms with Crippen molar-refractivity contribution in [2.24, 2.45) is 0 Å². The molecule has 5 heteroatoms. The van der Waals surface area contributed by atoms with Crippen LogP contribution in [0.3, 0.4) is 0 Å². The van der Waals surface area contributed by atoms with E-state index in [4.69, 9.17) is 39.9 Å². The normalized spacial score (nSPS) is 11.6. The van der Waals surface area contributed by atoms with Gasteiger partial charge in [0.1, 0.15) is 0 Å². The van der Waals surface area contributed by atoms with E-state index < -0.39 is 10.3 Å². The number of carboxylic acids is 1. The number of carbonyl (C=O) groups is 1. The first-order chi connectivity index (χ1) is 10.9. The molecule has 0 spiro atoms. The topological polar surface area (TPSA) is 37.3 Å². The summed E-state index contributed by atoms with van der Waals surface area (Å²) < 4.78 is -1.62. The van der Waals surface area contributed by atoms with Gasteiger partial charge in [0, 0.05) is 5.02 Å². The molecule has 0 aliphatic rings. The van der Waals surface area contributed by atoms with E-state index in [0.717, 1.165) is 30.7 Å². The largest absolute Gasteiger partial charge is 0.479 e. The van der Waals surface area contributed by atoms with Crippen molar-refractivity contribution < 1.29 is 9.90 Å². The molecule has 0 unspecified atom stereocenters. The van der Waals surface area contributed by atoms with Crippen molar-refractivity contribution >= 4 is 40.8 Å². The van der Waals surface area contributed by atoms with Gasteiger partial charge in [-0.05, 0) is 43.4 Å².